The molecule has 0 heterocycles. The van der Waals surface area contributed by atoms with Gasteiger partial charge in [0.15, 0.2) is 0 Å². The molecule has 0 unspecified atom stereocenters. The quantitative estimate of drug-likeness (QED) is 0.533. The summed E-state index contributed by atoms with van der Waals surface area (Å²) in [5, 5.41) is 0. The normalized spacial score (nSPS) is 7.09. The molecule has 0 aliphatic heterocycles. The minimum absolute atomic E-state index is 0. The lowest BCUT2D eigenvalue weighted by atomic mass is 10.3. The van der Waals surface area contributed by atoms with Crippen molar-refractivity contribution in [2.45, 2.75) is 21.3 Å². The van der Waals surface area contributed by atoms with Gasteiger partial charge in [0.05, 0.1) is 0 Å². The van der Waals surface area contributed by atoms with Crippen LogP contribution in [0.15, 0.2) is 49.6 Å². The predicted molar refractivity (Wildman–Crippen MR) is 56.8 cm³/mol. The van der Waals surface area contributed by atoms with E-state index in [9.17, 15) is 0 Å². The van der Waals surface area contributed by atoms with Crippen molar-refractivity contribution in [1.29, 1.82) is 0 Å². The standard InChI is InChI=1S/C8H10.C2H6.CH4/c1-4-6-7-8(3)5-2;1-2;/h4-7H,1-3H2;1-2H3;1H4/b7-6-;;. The van der Waals surface area contributed by atoms with Gasteiger partial charge in [0, 0.05) is 0 Å². The number of hydrogen-bond acceptors (Lipinski definition) is 0. The Kier molecular flexibility index (Phi) is 24.0. The molecule has 0 aromatic rings. The second-order valence-corrected chi connectivity index (χ2v) is 1.37. The van der Waals surface area contributed by atoms with E-state index in [-0.39, 0.29) is 7.43 Å². The lowest BCUT2D eigenvalue weighted by Crippen LogP contribution is -1.59. The molecule has 0 aliphatic rings. The lowest BCUT2D eigenvalue weighted by Gasteiger charge is -1.80. The van der Waals surface area contributed by atoms with Crippen LogP contribution < -0.4 is 0 Å². The van der Waals surface area contributed by atoms with Crippen LogP contribution in [-0.2, 0) is 0 Å². The Morgan fingerprint density at radius 2 is 1.64 bits per heavy atom. The third-order valence-corrected chi connectivity index (χ3v) is 0.709. The maximum absolute atomic E-state index is 3.66. The molecule has 0 N–H and O–H groups in total. The number of allylic oxidation sites excluding steroid dienone is 5. The molecule has 0 radical (unpaired) electrons. The molecule has 11 heavy (non-hydrogen) atoms. The lowest BCUT2D eigenvalue weighted by molar-refractivity contribution is 1.50. The molecule has 0 atom stereocenters. The van der Waals surface area contributed by atoms with Crippen molar-refractivity contribution in [3.63, 3.8) is 0 Å². The minimum atomic E-state index is 0. The van der Waals surface area contributed by atoms with Crippen molar-refractivity contribution in [3.8, 4) is 0 Å². The molecule has 0 fully saturated rings. The second kappa shape index (κ2) is 16.0. The van der Waals surface area contributed by atoms with E-state index in [0.29, 0.717) is 0 Å². The largest absolute Gasteiger partial charge is 0.0991 e. The van der Waals surface area contributed by atoms with E-state index < -0.39 is 0 Å². The third kappa shape index (κ3) is 17.6. The zero-order valence-electron chi connectivity index (χ0n) is 6.93. The zero-order valence-corrected chi connectivity index (χ0v) is 6.93. The molecule has 0 aromatic heterocycles. The van der Waals surface area contributed by atoms with Gasteiger partial charge in [-0.15, -0.1) is 0 Å². The molecular weight excluding hydrogens is 132 g/mol. The molecule has 64 valence electrons. The summed E-state index contributed by atoms with van der Waals surface area (Å²) in [4.78, 5) is 0. The Labute approximate surface area is 71.6 Å². The van der Waals surface area contributed by atoms with E-state index in [1.54, 1.807) is 12.2 Å². The van der Waals surface area contributed by atoms with E-state index in [1.165, 1.54) is 0 Å². The summed E-state index contributed by atoms with van der Waals surface area (Å²) < 4.78 is 0. The first-order valence-corrected chi connectivity index (χ1v) is 3.41. The van der Waals surface area contributed by atoms with E-state index in [1.807, 2.05) is 26.0 Å². The zero-order chi connectivity index (χ0) is 8.41. The van der Waals surface area contributed by atoms with Crippen LogP contribution in [0.2, 0.25) is 0 Å². The first-order chi connectivity index (χ1) is 4.81. The molecule has 0 saturated heterocycles. The van der Waals surface area contributed by atoms with Gasteiger partial charge in [-0.3, -0.25) is 0 Å². The molecule has 0 aromatic carbocycles. The topological polar surface area (TPSA) is 0 Å². The van der Waals surface area contributed by atoms with Gasteiger partial charge in [0.25, 0.3) is 0 Å². The first kappa shape index (κ1) is 16.5. The van der Waals surface area contributed by atoms with E-state index >= 15 is 0 Å². The SMILES string of the molecule is C.C=C/C=C\C(=C)C=C.CC. The summed E-state index contributed by atoms with van der Waals surface area (Å²) in [6.45, 7) is 14.7. The average molecular weight is 152 g/mol. The first-order valence-electron chi connectivity index (χ1n) is 3.41. The van der Waals surface area contributed by atoms with E-state index in [0.717, 1.165) is 5.57 Å². The van der Waals surface area contributed by atoms with Crippen LogP contribution in [0.3, 0.4) is 0 Å². The molecule has 0 bridgehead atoms. The predicted octanol–water partition coefficient (Wildman–Crippen LogP) is 4.13. The summed E-state index contributed by atoms with van der Waals surface area (Å²) in [6.07, 6.45) is 7.07. The third-order valence-electron chi connectivity index (χ3n) is 0.709. The van der Waals surface area contributed by atoms with Gasteiger partial charge in [-0.1, -0.05) is 65.3 Å². The van der Waals surface area contributed by atoms with Gasteiger partial charge in [0.1, 0.15) is 0 Å². The van der Waals surface area contributed by atoms with E-state index in [4.69, 9.17) is 0 Å². The fourth-order valence-corrected chi connectivity index (χ4v) is 0.260. The average Bonchev–Trinajstić information content (AvgIpc) is 2.04. The molecule has 0 saturated carbocycles. The Morgan fingerprint density at radius 3 is 1.91 bits per heavy atom. The fourth-order valence-electron chi connectivity index (χ4n) is 0.260. The van der Waals surface area contributed by atoms with Gasteiger partial charge in [0.2, 0.25) is 0 Å². The molecule has 0 rings (SSSR count). The van der Waals surface area contributed by atoms with Crippen LogP contribution in [0, 0.1) is 0 Å². The summed E-state index contributed by atoms with van der Waals surface area (Å²) in [5.74, 6) is 0. The molecule has 0 amide bonds. The Hall–Kier alpha value is -1.04. The fraction of sp³-hybridized carbons (Fsp3) is 0.273. The van der Waals surface area contributed by atoms with Crippen molar-refractivity contribution in [1.82, 2.24) is 0 Å². The van der Waals surface area contributed by atoms with Gasteiger partial charge in [-0.2, -0.15) is 0 Å². The highest BCUT2D eigenvalue weighted by atomic mass is 13.8. The Bertz CT molecular complexity index is 127. The van der Waals surface area contributed by atoms with Crippen LogP contribution in [0.25, 0.3) is 0 Å². The smallest absolute Gasteiger partial charge is 0.0335 e. The van der Waals surface area contributed by atoms with Gasteiger partial charge in [-0.05, 0) is 5.57 Å². The van der Waals surface area contributed by atoms with Crippen molar-refractivity contribution < 1.29 is 0 Å². The summed E-state index contributed by atoms with van der Waals surface area (Å²) >= 11 is 0. The summed E-state index contributed by atoms with van der Waals surface area (Å²) in [6, 6.07) is 0. The maximum Gasteiger partial charge on any atom is -0.0335 e. The highest BCUT2D eigenvalue weighted by Crippen LogP contribution is 1.91. The van der Waals surface area contributed by atoms with E-state index in [2.05, 4.69) is 19.7 Å². The highest BCUT2D eigenvalue weighted by molar-refractivity contribution is 5.27. The van der Waals surface area contributed by atoms with Gasteiger partial charge < -0.3 is 0 Å². The van der Waals surface area contributed by atoms with Gasteiger partial charge in [-0.25, -0.2) is 0 Å². The van der Waals surface area contributed by atoms with Crippen LogP contribution >= 0.6 is 0 Å². The Balaban J connectivity index is -0.000000196. The molecule has 0 heteroatoms. The van der Waals surface area contributed by atoms with Crippen LogP contribution in [0.1, 0.15) is 21.3 Å². The highest BCUT2D eigenvalue weighted by Gasteiger charge is 1.70. The van der Waals surface area contributed by atoms with Crippen molar-refractivity contribution in [3.05, 3.63) is 49.6 Å². The van der Waals surface area contributed by atoms with Gasteiger partial charge >= 0.3 is 0 Å². The van der Waals surface area contributed by atoms with Crippen molar-refractivity contribution >= 4 is 0 Å². The van der Waals surface area contributed by atoms with Crippen LogP contribution in [0.5, 0.6) is 0 Å². The molecular formula is C11H20. The molecule has 0 aliphatic carbocycles. The molecule has 0 nitrogen and oxygen atoms in total. The van der Waals surface area contributed by atoms with Crippen molar-refractivity contribution in [2.75, 3.05) is 0 Å². The van der Waals surface area contributed by atoms with Crippen molar-refractivity contribution in [2.24, 2.45) is 0 Å². The summed E-state index contributed by atoms with van der Waals surface area (Å²) in [7, 11) is 0. The molecule has 0 spiro atoms. The Morgan fingerprint density at radius 1 is 1.18 bits per heavy atom. The van der Waals surface area contributed by atoms with Crippen LogP contribution in [-0.4, -0.2) is 0 Å². The minimum Gasteiger partial charge on any atom is -0.0991 e. The monoisotopic (exact) mass is 152 g/mol. The second-order valence-electron chi connectivity index (χ2n) is 1.37. The maximum atomic E-state index is 3.66. The summed E-state index contributed by atoms with van der Waals surface area (Å²) in [5.41, 5.74) is 0.907. The number of rotatable bonds is 3. The number of hydrogen-bond donors (Lipinski definition) is 0. The van der Waals surface area contributed by atoms with Crippen LogP contribution in [0.4, 0.5) is 0 Å².